The summed E-state index contributed by atoms with van der Waals surface area (Å²) in [6, 6.07) is 5.99. The zero-order valence-electron chi connectivity index (χ0n) is 12.8. The molecule has 2 N–H and O–H groups in total. The van der Waals surface area contributed by atoms with Crippen LogP contribution in [0.2, 0.25) is 0 Å². The number of carbonyl (C=O) groups is 1. The number of morpholine rings is 1. The highest BCUT2D eigenvalue weighted by molar-refractivity contribution is 7.89. The molecule has 1 heterocycles. The van der Waals surface area contributed by atoms with Crippen LogP contribution in [0.15, 0.2) is 41.8 Å². The van der Waals surface area contributed by atoms with E-state index in [2.05, 4.69) is 21.5 Å². The largest absolute Gasteiger partial charge is 0.379 e. The van der Waals surface area contributed by atoms with Gasteiger partial charge in [-0.25, -0.2) is 13.1 Å². The van der Waals surface area contributed by atoms with E-state index in [4.69, 9.17) is 4.74 Å². The fraction of sp³-hybridized carbons (Fsp3) is 0.400. The van der Waals surface area contributed by atoms with Crippen LogP contribution in [0, 0.1) is 0 Å². The second kappa shape index (κ2) is 8.21. The van der Waals surface area contributed by atoms with Gasteiger partial charge in [-0.3, -0.25) is 9.69 Å². The Morgan fingerprint density at radius 3 is 2.52 bits per heavy atom. The maximum atomic E-state index is 12.2. The standard InChI is InChI=1S/C15H21N3O4S/c1-2-15(19)17-13-3-5-14(6-4-13)23(20,21)16-7-8-18-9-11-22-12-10-18/h2-6,16H,1,7-12H2,(H,17,19). The summed E-state index contributed by atoms with van der Waals surface area (Å²) >= 11 is 0. The zero-order chi connectivity index (χ0) is 16.7. The molecule has 8 heteroatoms. The third kappa shape index (κ3) is 5.43. The fourth-order valence-electron chi connectivity index (χ4n) is 2.16. The van der Waals surface area contributed by atoms with Crippen LogP contribution >= 0.6 is 0 Å². The highest BCUT2D eigenvalue weighted by Gasteiger charge is 2.15. The van der Waals surface area contributed by atoms with Crippen molar-refractivity contribution in [2.24, 2.45) is 0 Å². The second-order valence-electron chi connectivity index (χ2n) is 5.07. The molecule has 0 saturated carbocycles. The van der Waals surface area contributed by atoms with Crippen LogP contribution in [0.1, 0.15) is 0 Å². The Morgan fingerprint density at radius 2 is 1.91 bits per heavy atom. The van der Waals surface area contributed by atoms with Crippen molar-refractivity contribution in [2.45, 2.75) is 4.90 Å². The van der Waals surface area contributed by atoms with Crippen molar-refractivity contribution >= 4 is 21.6 Å². The molecule has 1 aliphatic rings. The summed E-state index contributed by atoms with van der Waals surface area (Å²) in [5, 5.41) is 2.57. The predicted molar refractivity (Wildman–Crippen MR) is 87.7 cm³/mol. The number of anilines is 1. The van der Waals surface area contributed by atoms with Crippen molar-refractivity contribution in [3.63, 3.8) is 0 Å². The average Bonchev–Trinajstić information content (AvgIpc) is 2.56. The van der Waals surface area contributed by atoms with Crippen LogP contribution in [-0.4, -0.2) is 58.6 Å². The number of hydrogen-bond acceptors (Lipinski definition) is 5. The normalized spacial score (nSPS) is 16.0. The minimum atomic E-state index is -3.55. The van der Waals surface area contributed by atoms with Gasteiger partial charge in [-0.15, -0.1) is 0 Å². The minimum absolute atomic E-state index is 0.163. The van der Waals surface area contributed by atoms with Gasteiger partial charge in [0.05, 0.1) is 18.1 Å². The predicted octanol–water partition coefficient (Wildman–Crippen LogP) is 0.422. The molecular weight excluding hydrogens is 318 g/mol. The topological polar surface area (TPSA) is 87.7 Å². The number of sulfonamides is 1. The van der Waals surface area contributed by atoms with Gasteiger partial charge < -0.3 is 10.1 Å². The Kier molecular flexibility index (Phi) is 6.28. The van der Waals surface area contributed by atoms with E-state index < -0.39 is 10.0 Å². The quantitative estimate of drug-likeness (QED) is 0.703. The molecule has 0 aliphatic carbocycles. The van der Waals surface area contributed by atoms with Gasteiger partial charge in [-0.2, -0.15) is 0 Å². The molecule has 0 spiro atoms. The first-order chi connectivity index (χ1) is 11.0. The molecule has 1 fully saturated rings. The van der Waals surface area contributed by atoms with Gasteiger partial charge in [-0.1, -0.05) is 6.58 Å². The molecule has 126 valence electrons. The highest BCUT2D eigenvalue weighted by atomic mass is 32.2. The molecule has 0 atom stereocenters. The lowest BCUT2D eigenvalue weighted by Gasteiger charge is -2.26. The SMILES string of the molecule is C=CC(=O)Nc1ccc(S(=O)(=O)NCCN2CCOCC2)cc1. The van der Waals surface area contributed by atoms with E-state index in [9.17, 15) is 13.2 Å². The van der Waals surface area contributed by atoms with Gasteiger partial charge in [0.1, 0.15) is 0 Å². The molecule has 7 nitrogen and oxygen atoms in total. The summed E-state index contributed by atoms with van der Waals surface area (Å²) in [6.45, 7) is 7.36. The third-order valence-corrected chi connectivity index (χ3v) is 4.92. The fourth-order valence-corrected chi connectivity index (χ4v) is 3.18. The summed E-state index contributed by atoms with van der Waals surface area (Å²) in [5.41, 5.74) is 0.516. The van der Waals surface area contributed by atoms with E-state index in [1.165, 1.54) is 24.3 Å². The number of carbonyl (C=O) groups excluding carboxylic acids is 1. The van der Waals surface area contributed by atoms with Crippen molar-refractivity contribution in [2.75, 3.05) is 44.7 Å². The van der Waals surface area contributed by atoms with Crippen molar-refractivity contribution in [1.82, 2.24) is 9.62 Å². The van der Waals surface area contributed by atoms with Crippen LogP contribution in [-0.2, 0) is 19.6 Å². The molecule has 23 heavy (non-hydrogen) atoms. The van der Waals surface area contributed by atoms with E-state index in [-0.39, 0.29) is 10.8 Å². The Bertz CT molecular complexity index is 637. The number of amides is 1. The van der Waals surface area contributed by atoms with Crippen molar-refractivity contribution in [3.05, 3.63) is 36.9 Å². The third-order valence-electron chi connectivity index (χ3n) is 3.44. The Hall–Kier alpha value is -1.74. The Balaban J connectivity index is 1.88. The summed E-state index contributed by atoms with van der Waals surface area (Å²) in [4.78, 5) is 13.5. The minimum Gasteiger partial charge on any atom is -0.379 e. The van der Waals surface area contributed by atoms with E-state index in [0.717, 1.165) is 19.2 Å². The first kappa shape index (κ1) is 17.6. The molecule has 1 aliphatic heterocycles. The number of ether oxygens (including phenoxy) is 1. The molecule has 0 bridgehead atoms. The number of nitrogens with one attached hydrogen (secondary N) is 2. The van der Waals surface area contributed by atoms with Gasteiger partial charge in [-0.05, 0) is 30.3 Å². The summed E-state index contributed by atoms with van der Waals surface area (Å²) in [6.07, 6.45) is 1.15. The maximum absolute atomic E-state index is 12.2. The van der Waals surface area contributed by atoms with Crippen LogP contribution in [0.25, 0.3) is 0 Å². The van der Waals surface area contributed by atoms with Crippen LogP contribution in [0.4, 0.5) is 5.69 Å². The zero-order valence-corrected chi connectivity index (χ0v) is 13.6. The monoisotopic (exact) mass is 339 g/mol. The number of nitrogens with zero attached hydrogens (tertiary/aromatic N) is 1. The second-order valence-corrected chi connectivity index (χ2v) is 6.84. The lowest BCUT2D eigenvalue weighted by atomic mass is 10.3. The van der Waals surface area contributed by atoms with Crippen molar-refractivity contribution < 1.29 is 17.9 Å². The molecule has 0 radical (unpaired) electrons. The molecule has 2 rings (SSSR count). The average molecular weight is 339 g/mol. The van der Waals surface area contributed by atoms with Crippen LogP contribution in [0.5, 0.6) is 0 Å². The van der Waals surface area contributed by atoms with Gasteiger partial charge in [0.15, 0.2) is 0 Å². The lowest BCUT2D eigenvalue weighted by Crippen LogP contribution is -2.41. The van der Waals surface area contributed by atoms with Gasteiger partial charge in [0.2, 0.25) is 15.9 Å². The van der Waals surface area contributed by atoms with Crippen molar-refractivity contribution in [1.29, 1.82) is 0 Å². The van der Waals surface area contributed by atoms with Gasteiger partial charge in [0.25, 0.3) is 0 Å². The first-order valence-electron chi connectivity index (χ1n) is 7.34. The Morgan fingerprint density at radius 1 is 1.26 bits per heavy atom. The molecule has 1 amide bonds. The first-order valence-corrected chi connectivity index (χ1v) is 8.83. The van der Waals surface area contributed by atoms with Crippen LogP contribution < -0.4 is 10.0 Å². The van der Waals surface area contributed by atoms with E-state index in [0.29, 0.717) is 32.0 Å². The number of hydrogen-bond donors (Lipinski definition) is 2. The molecule has 1 aromatic rings. The van der Waals surface area contributed by atoms with E-state index >= 15 is 0 Å². The summed E-state index contributed by atoms with van der Waals surface area (Å²) in [5.74, 6) is -0.343. The number of rotatable bonds is 7. The lowest BCUT2D eigenvalue weighted by molar-refractivity contribution is -0.111. The molecule has 1 saturated heterocycles. The molecular formula is C15H21N3O4S. The maximum Gasteiger partial charge on any atom is 0.247 e. The highest BCUT2D eigenvalue weighted by Crippen LogP contribution is 2.14. The number of benzene rings is 1. The summed E-state index contributed by atoms with van der Waals surface area (Å²) < 4.78 is 32.2. The molecule has 0 unspecified atom stereocenters. The Labute approximate surface area is 136 Å². The van der Waals surface area contributed by atoms with Gasteiger partial charge >= 0.3 is 0 Å². The van der Waals surface area contributed by atoms with Crippen LogP contribution in [0.3, 0.4) is 0 Å². The smallest absolute Gasteiger partial charge is 0.247 e. The molecule has 0 aromatic heterocycles. The van der Waals surface area contributed by atoms with E-state index in [1.54, 1.807) is 0 Å². The molecule has 1 aromatic carbocycles. The van der Waals surface area contributed by atoms with Gasteiger partial charge in [0, 0.05) is 31.9 Å². The van der Waals surface area contributed by atoms with Crippen molar-refractivity contribution in [3.8, 4) is 0 Å². The summed E-state index contributed by atoms with van der Waals surface area (Å²) in [7, 11) is -3.55. The van der Waals surface area contributed by atoms with E-state index in [1.807, 2.05) is 0 Å².